The van der Waals surface area contributed by atoms with Crippen LogP contribution in [0.2, 0.25) is 0 Å². The highest BCUT2D eigenvalue weighted by molar-refractivity contribution is 5.78. The van der Waals surface area contributed by atoms with Crippen LogP contribution in [0.3, 0.4) is 0 Å². The Balaban J connectivity index is 1.20. The Morgan fingerprint density at radius 3 is 2.49 bits per heavy atom. The number of aryl methyl sites for hydroxylation is 1. The van der Waals surface area contributed by atoms with Crippen LogP contribution >= 0.6 is 0 Å². The number of hydrogen-bond acceptors (Lipinski definition) is 8. The van der Waals surface area contributed by atoms with Crippen LogP contribution < -0.4 is 15.3 Å². The fraction of sp³-hybridized carbons (Fsp3) is 0.222. The number of anilines is 1. The lowest BCUT2D eigenvalue weighted by molar-refractivity contribution is -0.133. The molecule has 1 amide bonds. The van der Waals surface area contributed by atoms with Crippen LogP contribution in [0.4, 0.5) is 5.82 Å². The number of nitrogens with zero attached hydrogens (tertiary/aromatic N) is 5. The van der Waals surface area contributed by atoms with E-state index in [1.807, 2.05) is 12.1 Å². The standard InChI is InChI=1S/C27H26N6O4/c1-18-14-20(4-7-24(18)34)23-15-22(30-27(36)31-23)19-2-5-21(6-3-19)37-17-26(35)33-12-10-32(11-13-33)25-16-28-8-9-29-25/h2-9,14-16,34H,10-13,17H2,1H3,(H,30,31,36). The van der Waals surface area contributed by atoms with Crippen LogP contribution in [-0.2, 0) is 4.79 Å². The molecule has 0 atom stereocenters. The quantitative estimate of drug-likeness (QED) is 0.416. The number of carbonyl (C=O) groups excluding carboxylic acids is 1. The lowest BCUT2D eigenvalue weighted by Crippen LogP contribution is -2.50. The van der Waals surface area contributed by atoms with Crippen molar-refractivity contribution < 1.29 is 14.6 Å². The number of nitrogens with one attached hydrogen (secondary N) is 1. The molecule has 0 spiro atoms. The van der Waals surface area contributed by atoms with Gasteiger partial charge in [-0.1, -0.05) is 0 Å². The van der Waals surface area contributed by atoms with Crippen molar-refractivity contribution in [3.05, 3.63) is 83.2 Å². The van der Waals surface area contributed by atoms with E-state index >= 15 is 0 Å². The van der Waals surface area contributed by atoms with Gasteiger partial charge < -0.3 is 24.6 Å². The summed E-state index contributed by atoms with van der Waals surface area (Å²) in [5.41, 5.74) is 2.85. The number of piperazine rings is 1. The number of carbonyl (C=O) groups is 1. The summed E-state index contributed by atoms with van der Waals surface area (Å²) in [5, 5.41) is 9.78. The number of aromatic amines is 1. The normalized spacial score (nSPS) is 13.4. The second-order valence-corrected chi connectivity index (χ2v) is 8.73. The fourth-order valence-electron chi connectivity index (χ4n) is 4.18. The highest BCUT2D eigenvalue weighted by Crippen LogP contribution is 2.27. The van der Waals surface area contributed by atoms with Gasteiger partial charge in [0.15, 0.2) is 6.61 Å². The summed E-state index contributed by atoms with van der Waals surface area (Å²) < 4.78 is 5.73. The van der Waals surface area contributed by atoms with Crippen molar-refractivity contribution in [2.24, 2.45) is 0 Å². The predicted octanol–water partition coefficient (Wildman–Crippen LogP) is 2.64. The minimum absolute atomic E-state index is 0.0546. The monoisotopic (exact) mass is 498 g/mol. The lowest BCUT2D eigenvalue weighted by atomic mass is 10.1. The van der Waals surface area contributed by atoms with E-state index < -0.39 is 5.69 Å². The van der Waals surface area contributed by atoms with E-state index in [1.54, 1.807) is 66.8 Å². The zero-order chi connectivity index (χ0) is 25.8. The number of ether oxygens (including phenoxy) is 1. The maximum absolute atomic E-state index is 12.6. The maximum Gasteiger partial charge on any atom is 0.345 e. The summed E-state index contributed by atoms with van der Waals surface area (Å²) in [6.07, 6.45) is 5.02. The number of phenolic OH excluding ortho intramolecular Hbond substituents is 1. The van der Waals surface area contributed by atoms with Gasteiger partial charge in [0.25, 0.3) is 5.91 Å². The van der Waals surface area contributed by atoms with Gasteiger partial charge in [0, 0.05) is 44.1 Å². The third kappa shape index (κ3) is 5.58. The molecule has 1 aliphatic rings. The highest BCUT2D eigenvalue weighted by Gasteiger charge is 2.22. The Bertz CT molecular complexity index is 1450. The molecule has 10 heteroatoms. The molecule has 10 nitrogen and oxygen atoms in total. The molecule has 1 saturated heterocycles. The summed E-state index contributed by atoms with van der Waals surface area (Å²) in [7, 11) is 0. The molecular formula is C27H26N6O4. The molecule has 1 fully saturated rings. The van der Waals surface area contributed by atoms with Gasteiger partial charge in [-0.05, 0) is 66.6 Å². The third-order valence-electron chi connectivity index (χ3n) is 6.27. The van der Waals surface area contributed by atoms with Crippen molar-refractivity contribution >= 4 is 11.7 Å². The average Bonchev–Trinajstić information content (AvgIpc) is 2.94. The van der Waals surface area contributed by atoms with Gasteiger partial charge >= 0.3 is 5.69 Å². The zero-order valence-corrected chi connectivity index (χ0v) is 20.3. The van der Waals surface area contributed by atoms with Crippen molar-refractivity contribution in [2.75, 3.05) is 37.7 Å². The minimum Gasteiger partial charge on any atom is -0.508 e. The molecule has 3 heterocycles. The summed E-state index contributed by atoms with van der Waals surface area (Å²) >= 11 is 0. The summed E-state index contributed by atoms with van der Waals surface area (Å²) in [6, 6.07) is 14.0. The molecule has 5 rings (SSSR count). The number of H-pyrrole nitrogens is 1. The van der Waals surface area contributed by atoms with E-state index in [-0.39, 0.29) is 18.3 Å². The molecule has 37 heavy (non-hydrogen) atoms. The second kappa shape index (κ2) is 10.5. The molecule has 0 bridgehead atoms. The fourth-order valence-corrected chi connectivity index (χ4v) is 4.18. The molecule has 0 radical (unpaired) electrons. The van der Waals surface area contributed by atoms with E-state index in [9.17, 15) is 14.7 Å². The third-order valence-corrected chi connectivity index (χ3v) is 6.27. The Kier molecular flexibility index (Phi) is 6.80. The van der Waals surface area contributed by atoms with Crippen LogP contribution in [0.15, 0.2) is 71.9 Å². The summed E-state index contributed by atoms with van der Waals surface area (Å²) in [4.78, 5) is 44.0. The van der Waals surface area contributed by atoms with Crippen LogP contribution in [0.5, 0.6) is 11.5 Å². The van der Waals surface area contributed by atoms with Crippen molar-refractivity contribution in [3.63, 3.8) is 0 Å². The molecule has 4 aromatic rings. The van der Waals surface area contributed by atoms with Crippen molar-refractivity contribution in [2.45, 2.75) is 6.92 Å². The highest BCUT2D eigenvalue weighted by atomic mass is 16.5. The number of phenols is 1. The Labute approximate surface area is 213 Å². The first-order chi connectivity index (χ1) is 18.0. The Morgan fingerprint density at radius 1 is 1.03 bits per heavy atom. The van der Waals surface area contributed by atoms with Crippen molar-refractivity contribution in [3.8, 4) is 34.0 Å². The van der Waals surface area contributed by atoms with Crippen molar-refractivity contribution in [1.82, 2.24) is 24.8 Å². The Morgan fingerprint density at radius 2 is 1.78 bits per heavy atom. The van der Waals surface area contributed by atoms with E-state index in [4.69, 9.17) is 4.74 Å². The molecule has 0 aliphatic carbocycles. The smallest absolute Gasteiger partial charge is 0.345 e. The molecule has 188 valence electrons. The predicted molar refractivity (Wildman–Crippen MR) is 138 cm³/mol. The minimum atomic E-state index is -0.469. The lowest BCUT2D eigenvalue weighted by Gasteiger charge is -2.35. The first-order valence-corrected chi connectivity index (χ1v) is 11.9. The van der Waals surface area contributed by atoms with Crippen LogP contribution in [0.1, 0.15) is 5.56 Å². The SMILES string of the molecule is Cc1cc(-c2cc(-c3ccc(OCC(=O)N4CCN(c5cnccn5)CC4)cc3)[nH]c(=O)n2)ccc1O. The number of rotatable bonds is 6. The second-order valence-electron chi connectivity index (χ2n) is 8.73. The van der Waals surface area contributed by atoms with Crippen LogP contribution in [0.25, 0.3) is 22.5 Å². The molecule has 2 aromatic heterocycles. The van der Waals surface area contributed by atoms with Gasteiger partial charge in [-0.3, -0.25) is 9.78 Å². The summed E-state index contributed by atoms with van der Waals surface area (Å²) in [5.74, 6) is 1.48. The van der Waals surface area contributed by atoms with Gasteiger partial charge in [0.2, 0.25) is 0 Å². The van der Waals surface area contributed by atoms with Gasteiger partial charge in [-0.2, -0.15) is 4.98 Å². The molecule has 2 aromatic carbocycles. The van der Waals surface area contributed by atoms with Crippen molar-refractivity contribution in [1.29, 1.82) is 0 Å². The molecule has 0 unspecified atom stereocenters. The molecule has 2 N–H and O–H groups in total. The number of hydrogen-bond donors (Lipinski definition) is 2. The molecule has 0 saturated carbocycles. The van der Waals surface area contributed by atoms with E-state index in [0.717, 1.165) is 16.9 Å². The number of aromatic hydroxyl groups is 1. The average molecular weight is 499 g/mol. The number of amides is 1. The zero-order valence-electron chi connectivity index (χ0n) is 20.3. The largest absolute Gasteiger partial charge is 0.508 e. The van der Waals surface area contributed by atoms with Gasteiger partial charge in [-0.25, -0.2) is 9.78 Å². The number of aromatic nitrogens is 4. The van der Waals surface area contributed by atoms with E-state index in [1.165, 1.54) is 0 Å². The summed E-state index contributed by atoms with van der Waals surface area (Å²) in [6.45, 7) is 4.30. The first kappa shape index (κ1) is 24.0. The maximum atomic E-state index is 12.6. The molecular weight excluding hydrogens is 472 g/mol. The van der Waals surface area contributed by atoms with E-state index in [0.29, 0.717) is 48.9 Å². The topological polar surface area (TPSA) is 125 Å². The Hall–Kier alpha value is -4.73. The first-order valence-electron chi connectivity index (χ1n) is 11.9. The number of benzene rings is 2. The van der Waals surface area contributed by atoms with Gasteiger partial charge in [0.05, 0.1) is 17.6 Å². The van der Waals surface area contributed by atoms with Crippen LogP contribution in [-0.4, -0.2) is 68.6 Å². The van der Waals surface area contributed by atoms with Crippen LogP contribution in [0, 0.1) is 6.92 Å². The molecule has 1 aliphatic heterocycles. The van der Waals surface area contributed by atoms with E-state index in [2.05, 4.69) is 24.8 Å². The van der Waals surface area contributed by atoms with Gasteiger partial charge in [-0.15, -0.1) is 0 Å². The van der Waals surface area contributed by atoms with Gasteiger partial charge in [0.1, 0.15) is 17.3 Å².